The highest BCUT2D eigenvalue weighted by atomic mass is 35.5. The Balaban J connectivity index is 1.61. The van der Waals surface area contributed by atoms with E-state index in [2.05, 4.69) is 10.2 Å². The normalized spacial score (nSPS) is 10.8. The van der Waals surface area contributed by atoms with Crippen LogP contribution in [0.1, 0.15) is 12.5 Å². The van der Waals surface area contributed by atoms with Crippen molar-refractivity contribution in [2.45, 2.75) is 25.2 Å². The Bertz CT molecular complexity index is 931. The average molecular weight is 406 g/mol. The second-order valence-corrected chi connectivity index (χ2v) is 6.98. The second-order valence-electron chi connectivity index (χ2n) is 5.60. The van der Waals surface area contributed by atoms with Gasteiger partial charge < -0.3 is 9.30 Å². The van der Waals surface area contributed by atoms with Gasteiger partial charge >= 0.3 is 5.97 Å². The summed E-state index contributed by atoms with van der Waals surface area (Å²) in [6, 6.07) is 13.5. The first kappa shape index (κ1) is 19.4. The SMILES string of the molecule is CCn1c(SCC(=O)OCc2ccccc2F)nnc1-c1ccc(Cl)cc1. The van der Waals surface area contributed by atoms with E-state index >= 15 is 0 Å². The van der Waals surface area contributed by atoms with E-state index in [4.69, 9.17) is 16.3 Å². The first-order valence-electron chi connectivity index (χ1n) is 8.29. The van der Waals surface area contributed by atoms with Gasteiger partial charge in [0, 0.05) is 22.7 Å². The Morgan fingerprint density at radius 3 is 2.63 bits per heavy atom. The number of carbonyl (C=O) groups excluding carboxylic acids is 1. The van der Waals surface area contributed by atoms with Crippen LogP contribution in [0.25, 0.3) is 11.4 Å². The fraction of sp³-hybridized carbons (Fsp3) is 0.211. The topological polar surface area (TPSA) is 57.0 Å². The number of aromatic nitrogens is 3. The van der Waals surface area contributed by atoms with E-state index in [1.807, 2.05) is 23.6 Å². The van der Waals surface area contributed by atoms with Crippen LogP contribution in [0.4, 0.5) is 4.39 Å². The largest absolute Gasteiger partial charge is 0.460 e. The van der Waals surface area contributed by atoms with Crippen molar-refractivity contribution in [1.82, 2.24) is 14.8 Å². The predicted octanol–water partition coefficient (Wildman–Crippen LogP) is 4.59. The third-order valence-electron chi connectivity index (χ3n) is 3.80. The number of benzene rings is 2. The van der Waals surface area contributed by atoms with Crippen LogP contribution in [0.2, 0.25) is 5.02 Å². The minimum absolute atomic E-state index is 0.0627. The molecule has 0 spiro atoms. The first-order valence-corrected chi connectivity index (χ1v) is 9.65. The van der Waals surface area contributed by atoms with Crippen molar-refractivity contribution in [2.24, 2.45) is 0 Å². The van der Waals surface area contributed by atoms with Gasteiger partial charge in [-0.25, -0.2) is 4.39 Å². The van der Waals surface area contributed by atoms with E-state index in [0.717, 1.165) is 5.56 Å². The predicted molar refractivity (Wildman–Crippen MR) is 103 cm³/mol. The Kier molecular flexibility index (Phi) is 6.47. The van der Waals surface area contributed by atoms with Gasteiger partial charge in [0.1, 0.15) is 12.4 Å². The van der Waals surface area contributed by atoms with Crippen molar-refractivity contribution >= 4 is 29.3 Å². The molecular formula is C19H17ClFN3O2S. The minimum atomic E-state index is -0.443. The number of esters is 1. The Hall–Kier alpha value is -2.38. The molecule has 0 saturated carbocycles. The zero-order valence-corrected chi connectivity index (χ0v) is 16.1. The highest BCUT2D eigenvalue weighted by molar-refractivity contribution is 7.99. The fourth-order valence-electron chi connectivity index (χ4n) is 2.43. The van der Waals surface area contributed by atoms with Gasteiger partial charge in [0.05, 0.1) is 5.75 Å². The van der Waals surface area contributed by atoms with Gasteiger partial charge in [-0.05, 0) is 37.3 Å². The molecule has 0 atom stereocenters. The summed E-state index contributed by atoms with van der Waals surface area (Å²) in [6.45, 7) is 2.53. The molecule has 1 heterocycles. The molecule has 8 heteroatoms. The van der Waals surface area contributed by atoms with Crippen LogP contribution in [0.5, 0.6) is 0 Å². The lowest BCUT2D eigenvalue weighted by Gasteiger charge is -2.08. The summed E-state index contributed by atoms with van der Waals surface area (Å²) < 4.78 is 20.6. The molecular weight excluding hydrogens is 389 g/mol. The zero-order chi connectivity index (χ0) is 19.2. The summed E-state index contributed by atoms with van der Waals surface area (Å²) >= 11 is 7.16. The van der Waals surface area contributed by atoms with Crippen LogP contribution in [0, 0.1) is 5.82 Å². The van der Waals surface area contributed by atoms with E-state index in [9.17, 15) is 9.18 Å². The molecule has 27 heavy (non-hydrogen) atoms. The number of hydrogen-bond donors (Lipinski definition) is 0. The molecule has 0 aliphatic carbocycles. The van der Waals surface area contributed by atoms with E-state index in [0.29, 0.717) is 28.1 Å². The van der Waals surface area contributed by atoms with Crippen molar-refractivity contribution in [3.05, 3.63) is 64.9 Å². The summed E-state index contributed by atoms with van der Waals surface area (Å²) in [7, 11) is 0. The van der Waals surface area contributed by atoms with Gasteiger partial charge in [0.2, 0.25) is 0 Å². The van der Waals surface area contributed by atoms with Crippen LogP contribution in [0.15, 0.2) is 53.7 Å². The standard InChI is InChI=1S/C19H17ClFN3O2S/c1-2-24-18(13-7-9-15(20)10-8-13)22-23-19(24)27-12-17(25)26-11-14-5-3-4-6-16(14)21/h3-10H,2,11-12H2,1H3. The number of rotatable bonds is 7. The monoisotopic (exact) mass is 405 g/mol. The molecule has 1 aromatic heterocycles. The smallest absolute Gasteiger partial charge is 0.316 e. The average Bonchev–Trinajstić information content (AvgIpc) is 3.09. The van der Waals surface area contributed by atoms with Crippen LogP contribution in [-0.4, -0.2) is 26.5 Å². The van der Waals surface area contributed by atoms with Gasteiger partial charge in [0.15, 0.2) is 11.0 Å². The molecule has 2 aromatic carbocycles. The van der Waals surface area contributed by atoms with Gasteiger partial charge in [0.25, 0.3) is 0 Å². The lowest BCUT2D eigenvalue weighted by Crippen LogP contribution is -2.09. The van der Waals surface area contributed by atoms with E-state index < -0.39 is 11.8 Å². The van der Waals surface area contributed by atoms with E-state index in [1.165, 1.54) is 17.8 Å². The first-order chi connectivity index (χ1) is 13.1. The number of carbonyl (C=O) groups is 1. The summed E-state index contributed by atoms with van der Waals surface area (Å²) in [5.74, 6) is -0.0673. The molecule has 0 aliphatic rings. The van der Waals surface area contributed by atoms with Crippen molar-refractivity contribution in [3.63, 3.8) is 0 Å². The molecule has 3 aromatic rings. The number of hydrogen-bond acceptors (Lipinski definition) is 5. The molecule has 0 amide bonds. The Labute approximate surface area is 165 Å². The molecule has 140 valence electrons. The van der Waals surface area contributed by atoms with Gasteiger partial charge in [-0.3, -0.25) is 4.79 Å². The molecule has 0 unspecified atom stereocenters. The summed E-state index contributed by atoms with van der Waals surface area (Å²) in [6.07, 6.45) is 0. The van der Waals surface area contributed by atoms with Crippen molar-refractivity contribution in [1.29, 1.82) is 0 Å². The number of thioether (sulfide) groups is 1. The van der Waals surface area contributed by atoms with Crippen LogP contribution in [-0.2, 0) is 22.7 Å². The third-order valence-corrected chi connectivity index (χ3v) is 4.99. The van der Waals surface area contributed by atoms with Gasteiger partial charge in [-0.2, -0.15) is 0 Å². The molecule has 0 radical (unpaired) electrons. The van der Waals surface area contributed by atoms with Gasteiger partial charge in [-0.15, -0.1) is 10.2 Å². The highest BCUT2D eigenvalue weighted by Crippen LogP contribution is 2.25. The molecule has 0 N–H and O–H groups in total. The lowest BCUT2D eigenvalue weighted by atomic mass is 10.2. The summed E-state index contributed by atoms with van der Waals surface area (Å²) in [5.41, 5.74) is 1.24. The number of ether oxygens (including phenoxy) is 1. The van der Waals surface area contributed by atoms with Crippen molar-refractivity contribution in [3.8, 4) is 11.4 Å². The maximum absolute atomic E-state index is 13.6. The minimum Gasteiger partial charge on any atom is -0.460 e. The van der Waals surface area contributed by atoms with E-state index in [-0.39, 0.29) is 12.4 Å². The third kappa shape index (κ3) is 4.87. The maximum Gasteiger partial charge on any atom is 0.316 e. The quantitative estimate of drug-likeness (QED) is 0.425. The Morgan fingerprint density at radius 1 is 1.19 bits per heavy atom. The second kappa shape index (κ2) is 9.01. The highest BCUT2D eigenvalue weighted by Gasteiger charge is 2.15. The summed E-state index contributed by atoms with van der Waals surface area (Å²) in [5, 5.41) is 9.65. The van der Waals surface area contributed by atoms with Crippen LogP contribution >= 0.6 is 23.4 Å². The van der Waals surface area contributed by atoms with Crippen molar-refractivity contribution < 1.29 is 13.9 Å². The summed E-state index contributed by atoms with van der Waals surface area (Å²) in [4.78, 5) is 12.0. The Morgan fingerprint density at radius 2 is 1.93 bits per heavy atom. The zero-order valence-electron chi connectivity index (χ0n) is 14.6. The number of nitrogens with zero attached hydrogens (tertiary/aromatic N) is 3. The van der Waals surface area contributed by atoms with Crippen LogP contribution < -0.4 is 0 Å². The van der Waals surface area contributed by atoms with Crippen molar-refractivity contribution in [2.75, 3.05) is 5.75 Å². The molecule has 0 aliphatic heterocycles. The molecule has 0 fully saturated rings. The lowest BCUT2D eigenvalue weighted by molar-refractivity contribution is -0.141. The molecule has 0 bridgehead atoms. The van der Waals surface area contributed by atoms with E-state index in [1.54, 1.807) is 30.3 Å². The molecule has 5 nitrogen and oxygen atoms in total. The van der Waals surface area contributed by atoms with Crippen LogP contribution in [0.3, 0.4) is 0 Å². The van der Waals surface area contributed by atoms with Gasteiger partial charge in [-0.1, -0.05) is 41.6 Å². The number of halogens is 2. The molecule has 3 rings (SSSR count). The maximum atomic E-state index is 13.6. The fourth-order valence-corrected chi connectivity index (χ4v) is 3.36. The molecule has 0 saturated heterocycles.